The third-order valence-corrected chi connectivity index (χ3v) is 1.41. The molecule has 0 amide bonds. The van der Waals surface area contributed by atoms with Gasteiger partial charge in [-0.1, -0.05) is 43.4 Å². The Balaban J connectivity index is 3.38. The molecule has 66 valence electrons. The number of ether oxygens (including phenoxy) is 1. The first-order valence-electron chi connectivity index (χ1n) is 3.82. The average molecular weight is 270 g/mol. The fourth-order valence-corrected chi connectivity index (χ4v) is 0.780. The molecule has 0 bridgehead atoms. The molecule has 11 heavy (non-hydrogen) atoms. The second kappa shape index (κ2) is 5.80. The first-order valence-corrected chi connectivity index (χ1v) is 5.06. The maximum Gasteiger partial charge on any atom is 0.306 e. The van der Waals surface area contributed by atoms with Crippen LogP contribution in [0.4, 0.5) is 0 Å². The summed E-state index contributed by atoms with van der Waals surface area (Å²) in [5, 5.41) is 0. The van der Waals surface area contributed by atoms with Crippen LogP contribution >= 0.6 is 22.6 Å². The van der Waals surface area contributed by atoms with Gasteiger partial charge in [-0.15, -0.1) is 0 Å². The lowest BCUT2D eigenvalue weighted by molar-refractivity contribution is -0.144. The van der Waals surface area contributed by atoms with Crippen molar-refractivity contribution in [1.29, 1.82) is 0 Å². The van der Waals surface area contributed by atoms with Crippen LogP contribution in [-0.2, 0) is 9.53 Å². The SMILES string of the molecule is CC(C)CC(=O)OCC(C)I. The predicted molar refractivity (Wildman–Crippen MR) is 53.9 cm³/mol. The van der Waals surface area contributed by atoms with Crippen molar-refractivity contribution in [2.45, 2.75) is 31.1 Å². The summed E-state index contributed by atoms with van der Waals surface area (Å²) >= 11 is 2.23. The molecular formula is C8H15IO2. The van der Waals surface area contributed by atoms with Crippen LogP contribution < -0.4 is 0 Å². The molecule has 0 aliphatic rings. The van der Waals surface area contributed by atoms with Crippen LogP contribution in [0, 0.1) is 5.92 Å². The van der Waals surface area contributed by atoms with Crippen LogP contribution in [0.2, 0.25) is 0 Å². The topological polar surface area (TPSA) is 26.3 Å². The molecule has 0 radical (unpaired) electrons. The first kappa shape index (κ1) is 11.2. The highest BCUT2D eigenvalue weighted by atomic mass is 127. The fourth-order valence-electron chi connectivity index (χ4n) is 0.600. The molecule has 0 N–H and O–H groups in total. The Bertz CT molecular complexity index is 121. The van der Waals surface area contributed by atoms with Gasteiger partial charge >= 0.3 is 5.97 Å². The smallest absolute Gasteiger partial charge is 0.306 e. The molecule has 0 saturated carbocycles. The van der Waals surface area contributed by atoms with Crippen LogP contribution in [0.5, 0.6) is 0 Å². The van der Waals surface area contributed by atoms with E-state index in [1.54, 1.807) is 0 Å². The van der Waals surface area contributed by atoms with E-state index in [0.717, 1.165) is 0 Å². The van der Waals surface area contributed by atoms with Crippen molar-refractivity contribution in [2.75, 3.05) is 6.61 Å². The van der Waals surface area contributed by atoms with Gasteiger partial charge in [-0.25, -0.2) is 0 Å². The highest BCUT2D eigenvalue weighted by Crippen LogP contribution is 2.03. The van der Waals surface area contributed by atoms with E-state index in [1.165, 1.54) is 0 Å². The lowest BCUT2D eigenvalue weighted by Crippen LogP contribution is -2.12. The van der Waals surface area contributed by atoms with E-state index in [0.29, 0.717) is 22.9 Å². The average Bonchev–Trinajstić information content (AvgIpc) is 1.82. The Hall–Kier alpha value is 0.200. The second-order valence-electron chi connectivity index (χ2n) is 3.06. The van der Waals surface area contributed by atoms with Gasteiger partial charge in [0, 0.05) is 10.3 Å². The highest BCUT2D eigenvalue weighted by molar-refractivity contribution is 14.1. The molecule has 0 aromatic carbocycles. The molecule has 1 unspecified atom stereocenters. The van der Waals surface area contributed by atoms with E-state index in [2.05, 4.69) is 22.6 Å². The number of alkyl halides is 1. The summed E-state index contributed by atoms with van der Waals surface area (Å²) < 4.78 is 5.37. The molecule has 0 fully saturated rings. The van der Waals surface area contributed by atoms with E-state index in [4.69, 9.17) is 4.74 Å². The summed E-state index contributed by atoms with van der Waals surface area (Å²) in [5.41, 5.74) is 0. The van der Waals surface area contributed by atoms with Gasteiger partial charge in [-0.2, -0.15) is 0 Å². The van der Waals surface area contributed by atoms with Crippen molar-refractivity contribution in [3.8, 4) is 0 Å². The van der Waals surface area contributed by atoms with Crippen LogP contribution in [0.3, 0.4) is 0 Å². The van der Waals surface area contributed by atoms with Gasteiger partial charge in [0.05, 0.1) is 0 Å². The Kier molecular flexibility index (Phi) is 5.91. The monoisotopic (exact) mass is 270 g/mol. The molecular weight excluding hydrogens is 255 g/mol. The van der Waals surface area contributed by atoms with E-state index >= 15 is 0 Å². The lowest BCUT2D eigenvalue weighted by Gasteiger charge is -2.07. The number of halogens is 1. The molecule has 0 heterocycles. The number of rotatable bonds is 4. The van der Waals surface area contributed by atoms with Crippen molar-refractivity contribution in [3.63, 3.8) is 0 Å². The molecule has 0 aliphatic carbocycles. The standard InChI is InChI=1S/C8H15IO2/c1-6(2)4-8(10)11-5-7(3)9/h6-7H,4-5H2,1-3H3. The molecule has 0 saturated heterocycles. The van der Waals surface area contributed by atoms with Crippen LogP contribution in [0.1, 0.15) is 27.2 Å². The summed E-state index contributed by atoms with van der Waals surface area (Å²) in [7, 11) is 0. The van der Waals surface area contributed by atoms with Gasteiger partial charge in [0.25, 0.3) is 0 Å². The molecule has 0 rings (SSSR count). The molecule has 3 heteroatoms. The Labute approximate surface area is 81.8 Å². The maximum atomic E-state index is 10.9. The summed E-state index contributed by atoms with van der Waals surface area (Å²) in [4.78, 5) is 10.9. The van der Waals surface area contributed by atoms with Gasteiger partial charge in [-0.05, 0) is 5.92 Å². The molecule has 0 aliphatic heterocycles. The van der Waals surface area contributed by atoms with Gasteiger partial charge in [0.2, 0.25) is 0 Å². The predicted octanol–water partition coefficient (Wildman–Crippen LogP) is 2.40. The second-order valence-corrected chi connectivity index (χ2v) is 5.19. The van der Waals surface area contributed by atoms with Gasteiger partial charge < -0.3 is 4.74 Å². The maximum absolute atomic E-state index is 10.9. The Morgan fingerprint density at radius 2 is 2.00 bits per heavy atom. The number of hydrogen-bond donors (Lipinski definition) is 0. The van der Waals surface area contributed by atoms with Gasteiger partial charge in [-0.3, -0.25) is 4.79 Å². The highest BCUT2D eigenvalue weighted by Gasteiger charge is 2.06. The quantitative estimate of drug-likeness (QED) is 0.445. The normalized spacial score (nSPS) is 13.2. The summed E-state index contributed by atoms with van der Waals surface area (Å²) in [6.07, 6.45) is 0.531. The van der Waals surface area contributed by atoms with Crippen LogP contribution in [0.15, 0.2) is 0 Å². The van der Waals surface area contributed by atoms with E-state index in [-0.39, 0.29) is 5.97 Å². The minimum atomic E-state index is -0.0801. The number of esters is 1. The van der Waals surface area contributed by atoms with Crippen molar-refractivity contribution in [1.82, 2.24) is 0 Å². The van der Waals surface area contributed by atoms with Gasteiger partial charge in [0.1, 0.15) is 6.61 Å². The third-order valence-electron chi connectivity index (χ3n) is 1.05. The zero-order valence-corrected chi connectivity index (χ0v) is 9.42. The van der Waals surface area contributed by atoms with Crippen LogP contribution in [0.25, 0.3) is 0 Å². The zero-order valence-electron chi connectivity index (χ0n) is 7.26. The largest absolute Gasteiger partial charge is 0.465 e. The Morgan fingerprint density at radius 1 is 1.45 bits per heavy atom. The van der Waals surface area contributed by atoms with E-state index in [9.17, 15) is 4.79 Å². The molecule has 0 aromatic heterocycles. The van der Waals surface area contributed by atoms with E-state index < -0.39 is 0 Å². The number of hydrogen-bond acceptors (Lipinski definition) is 2. The van der Waals surface area contributed by atoms with Gasteiger partial charge in [0.15, 0.2) is 0 Å². The van der Waals surface area contributed by atoms with Crippen molar-refractivity contribution in [3.05, 3.63) is 0 Å². The number of carbonyl (C=O) groups is 1. The minimum absolute atomic E-state index is 0.0801. The van der Waals surface area contributed by atoms with Crippen molar-refractivity contribution >= 4 is 28.6 Å². The molecule has 2 nitrogen and oxygen atoms in total. The van der Waals surface area contributed by atoms with E-state index in [1.807, 2.05) is 20.8 Å². The fraction of sp³-hybridized carbons (Fsp3) is 0.875. The first-order chi connectivity index (χ1) is 5.02. The molecule has 0 aromatic rings. The molecule has 1 atom stereocenters. The minimum Gasteiger partial charge on any atom is -0.465 e. The third kappa shape index (κ3) is 8.10. The number of carbonyl (C=O) groups excluding carboxylic acids is 1. The molecule has 0 spiro atoms. The van der Waals surface area contributed by atoms with Crippen molar-refractivity contribution in [2.24, 2.45) is 5.92 Å². The van der Waals surface area contributed by atoms with Crippen molar-refractivity contribution < 1.29 is 9.53 Å². The lowest BCUT2D eigenvalue weighted by atomic mass is 10.1. The van der Waals surface area contributed by atoms with Crippen LogP contribution in [-0.4, -0.2) is 16.5 Å². The summed E-state index contributed by atoms with van der Waals surface area (Å²) in [6.45, 7) is 6.57. The summed E-state index contributed by atoms with van der Waals surface area (Å²) in [5.74, 6) is 0.315. The summed E-state index contributed by atoms with van der Waals surface area (Å²) in [6, 6.07) is 0. The zero-order chi connectivity index (χ0) is 8.85. The Morgan fingerprint density at radius 3 is 2.36 bits per heavy atom.